The second kappa shape index (κ2) is 4.99. The highest BCUT2D eigenvalue weighted by Crippen LogP contribution is 2.28. The van der Waals surface area contributed by atoms with Gasteiger partial charge in [-0.2, -0.15) is 0 Å². The average molecular weight is 188 g/mol. The number of rotatable bonds is 2. The summed E-state index contributed by atoms with van der Waals surface area (Å²) in [4.78, 5) is 0. The molecule has 14 heavy (non-hydrogen) atoms. The SMILES string of the molecule is C=C(C)C=C1CCC(=CC(=C)C)CC1. The quantitative estimate of drug-likeness (QED) is 0.595. The van der Waals surface area contributed by atoms with Crippen LogP contribution in [0.1, 0.15) is 39.5 Å². The van der Waals surface area contributed by atoms with Crippen molar-refractivity contribution in [2.24, 2.45) is 0 Å². The van der Waals surface area contributed by atoms with Gasteiger partial charge in [0.25, 0.3) is 0 Å². The van der Waals surface area contributed by atoms with Crippen LogP contribution in [0.15, 0.2) is 47.6 Å². The first-order valence-corrected chi connectivity index (χ1v) is 5.28. The van der Waals surface area contributed by atoms with Crippen molar-refractivity contribution in [3.8, 4) is 0 Å². The van der Waals surface area contributed by atoms with Crippen LogP contribution in [-0.2, 0) is 0 Å². The Bertz CT molecular complexity index is 256. The Morgan fingerprint density at radius 3 is 1.36 bits per heavy atom. The van der Waals surface area contributed by atoms with Gasteiger partial charge in [-0.15, -0.1) is 0 Å². The third kappa shape index (κ3) is 3.78. The van der Waals surface area contributed by atoms with Crippen molar-refractivity contribution in [3.05, 3.63) is 47.6 Å². The van der Waals surface area contributed by atoms with Crippen LogP contribution in [0.4, 0.5) is 0 Å². The zero-order valence-corrected chi connectivity index (χ0v) is 9.40. The third-order valence-corrected chi connectivity index (χ3v) is 2.44. The van der Waals surface area contributed by atoms with Gasteiger partial charge in [-0.05, 0) is 39.5 Å². The van der Waals surface area contributed by atoms with Crippen LogP contribution >= 0.6 is 0 Å². The summed E-state index contributed by atoms with van der Waals surface area (Å²) in [6.45, 7) is 11.9. The first-order valence-electron chi connectivity index (χ1n) is 5.28. The van der Waals surface area contributed by atoms with Crippen molar-refractivity contribution in [2.75, 3.05) is 0 Å². The first-order chi connectivity index (χ1) is 6.58. The van der Waals surface area contributed by atoms with Gasteiger partial charge in [0.05, 0.1) is 0 Å². The van der Waals surface area contributed by atoms with Gasteiger partial charge >= 0.3 is 0 Å². The summed E-state index contributed by atoms with van der Waals surface area (Å²) < 4.78 is 0. The van der Waals surface area contributed by atoms with Gasteiger partial charge in [-0.3, -0.25) is 0 Å². The molecule has 0 aromatic carbocycles. The zero-order valence-electron chi connectivity index (χ0n) is 9.40. The predicted molar refractivity (Wildman–Crippen MR) is 64.3 cm³/mol. The molecular weight excluding hydrogens is 168 g/mol. The van der Waals surface area contributed by atoms with Gasteiger partial charge < -0.3 is 0 Å². The lowest BCUT2D eigenvalue weighted by molar-refractivity contribution is 0.726. The fraction of sp³-hybridized carbons (Fsp3) is 0.429. The topological polar surface area (TPSA) is 0 Å². The van der Waals surface area contributed by atoms with Gasteiger partial charge in [-0.25, -0.2) is 0 Å². The molecule has 0 aromatic heterocycles. The Balaban J connectivity index is 2.54. The van der Waals surface area contributed by atoms with Gasteiger partial charge in [0.15, 0.2) is 0 Å². The molecule has 0 amide bonds. The number of allylic oxidation sites excluding steroid dienone is 6. The van der Waals surface area contributed by atoms with E-state index < -0.39 is 0 Å². The minimum atomic E-state index is 1.17. The maximum atomic E-state index is 3.91. The van der Waals surface area contributed by atoms with Crippen molar-refractivity contribution in [2.45, 2.75) is 39.5 Å². The standard InChI is InChI=1S/C14H20/c1-11(2)9-13-5-7-14(8-6-13)10-12(3)4/h9-10H,1,3,5-8H2,2,4H3. The lowest BCUT2D eigenvalue weighted by Crippen LogP contribution is -1.98. The molecule has 0 unspecified atom stereocenters. The van der Waals surface area contributed by atoms with E-state index in [4.69, 9.17) is 0 Å². The Kier molecular flexibility index (Phi) is 3.94. The molecule has 0 N–H and O–H groups in total. The van der Waals surface area contributed by atoms with E-state index in [1.807, 2.05) is 0 Å². The molecule has 0 aromatic rings. The molecule has 0 radical (unpaired) electrons. The molecule has 76 valence electrons. The normalized spacial score (nSPS) is 16.4. The van der Waals surface area contributed by atoms with Crippen molar-refractivity contribution >= 4 is 0 Å². The van der Waals surface area contributed by atoms with Crippen molar-refractivity contribution < 1.29 is 0 Å². The van der Waals surface area contributed by atoms with E-state index in [1.54, 1.807) is 11.1 Å². The van der Waals surface area contributed by atoms with Crippen LogP contribution in [-0.4, -0.2) is 0 Å². The molecule has 0 aliphatic heterocycles. The van der Waals surface area contributed by atoms with Crippen LogP contribution < -0.4 is 0 Å². The molecule has 0 saturated heterocycles. The summed E-state index contributed by atoms with van der Waals surface area (Å²) >= 11 is 0. The van der Waals surface area contributed by atoms with E-state index in [0.717, 1.165) is 0 Å². The Hall–Kier alpha value is -1.04. The smallest absolute Gasteiger partial charge is 0.0279 e. The highest BCUT2D eigenvalue weighted by Gasteiger charge is 2.09. The summed E-state index contributed by atoms with van der Waals surface area (Å²) in [6.07, 6.45) is 9.27. The Morgan fingerprint density at radius 1 is 0.857 bits per heavy atom. The van der Waals surface area contributed by atoms with Crippen LogP contribution in [0.3, 0.4) is 0 Å². The van der Waals surface area contributed by atoms with E-state index in [1.165, 1.54) is 36.8 Å². The largest absolute Gasteiger partial charge is 0.0961 e. The highest BCUT2D eigenvalue weighted by molar-refractivity contribution is 5.27. The van der Waals surface area contributed by atoms with E-state index >= 15 is 0 Å². The molecule has 1 aliphatic rings. The summed E-state index contributed by atoms with van der Waals surface area (Å²) in [6, 6.07) is 0. The van der Waals surface area contributed by atoms with E-state index in [9.17, 15) is 0 Å². The molecule has 1 fully saturated rings. The Morgan fingerprint density at radius 2 is 1.14 bits per heavy atom. The minimum Gasteiger partial charge on any atom is -0.0961 e. The second-order valence-electron chi connectivity index (χ2n) is 4.30. The van der Waals surface area contributed by atoms with Crippen molar-refractivity contribution in [1.29, 1.82) is 0 Å². The summed E-state index contributed by atoms with van der Waals surface area (Å²) in [5, 5.41) is 0. The molecule has 0 bridgehead atoms. The summed E-state index contributed by atoms with van der Waals surface area (Å²) in [5.41, 5.74) is 5.45. The lowest BCUT2D eigenvalue weighted by atomic mass is 9.89. The van der Waals surface area contributed by atoms with E-state index in [-0.39, 0.29) is 0 Å². The van der Waals surface area contributed by atoms with Crippen LogP contribution in [0.5, 0.6) is 0 Å². The maximum absolute atomic E-state index is 3.91. The third-order valence-electron chi connectivity index (χ3n) is 2.44. The lowest BCUT2D eigenvalue weighted by Gasteiger charge is -2.17. The monoisotopic (exact) mass is 188 g/mol. The number of hydrogen-bond acceptors (Lipinski definition) is 0. The molecule has 0 heterocycles. The molecule has 0 spiro atoms. The Labute approximate surface area is 87.7 Å². The molecular formula is C14H20. The molecule has 0 heteroatoms. The van der Waals surface area contributed by atoms with Crippen LogP contribution in [0.25, 0.3) is 0 Å². The van der Waals surface area contributed by atoms with Gasteiger partial charge in [0.2, 0.25) is 0 Å². The zero-order chi connectivity index (χ0) is 10.6. The van der Waals surface area contributed by atoms with Gasteiger partial charge in [0.1, 0.15) is 0 Å². The molecule has 0 atom stereocenters. The number of hydrogen-bond donors (Lipinski definition) is 0. The first kappa shape index (κ1) is 11.0. The van der Waals surface area contributed by atoms with Crippen molar-refractivity contribution in [1.82, 2.24) is 0 Å². The fourth-order valence-electron chi connectivity index (χ4n) is 1.88. The second-order valence-corrected chi connectivity index (χ2v) is 4.30. The van der Waals surface area contributed by atoms with E-state index in [2.05, 4.69) is 39.2 Å². The van der Waals surface area contributed by atoms with Crippen LogP contribution in [0, 0.1) is 0 Å². The molecule has 1 aliphatic carbocycles. The average Bonchev–Trinajstić information content (AvgIpc) is 2.06. The maximum Gasteiger partial charge on any atom is -0.0279 e. The van der Waals surface area contributed by atoms with Gasteiger partial charge in [0, 0.05) is 0 Å². The van der Waals surface area contributed by atoms with E-state index in [0.29, 0.717) is 0 Å². The van der Waals surface area contributed by atoms with Crippen molar-refractivity contribution in [3.63, 3.8) is 0 Å². The summed E-state index contributed by atoms with van der Waals surface area (Å²) in [7, 11) is 0. The van der Waals surface area contributed by atoms with Gasteiger partial charge in [-0.1, -0.05) is 47.6 Å². The highest BCUT2D eigenvalue weighted by atomic mass is 14.1. The predicted octanol–water partition coefficient (Wildman–Crippen LogP) is 4.57. The molecule has 1 rings (SSSR count). The molecule has 1 saturated carbocycles. The fourth-order valence-corrected chi connectivity index (χ4v) is 1.88. The molecule has 0 nitrogen and oxygen atoms in total. The minimum absolute atomic E-state index is 1.17. The summed E-state index contributed by atoms with van der Waals surface area (Å²) in [5.74, 6) is 0. The van der Waals surface area contributed by atoms with Crippen LogP contribution in [0.2, 0.25) is 0 Å².